The van der Waals surface area contributed by atoms with Crippen molar-refractivity contribution in [3.63, 3.8) is 0 Å². The van der Waals surface area contributed by atoms with Gasteiger partial charge < -0.3 is 14.7 Å². The number of hydrogen-bond acceptors (Lipinski definition) is 3. The first-order valence-corrected chi connectivity index (χ1v) is 9.80. The van der Waals surface area contributed by atoms with Gasteiger partial charge in [0.1, 0.15) is 0 Å². The van der Waals surface area contributed by atoms with Crippen LogP contribution < -0.4 is 0 Å². The summed E-state index contributed by atoms with van der Waals surface area (Å²) in [6, 6.07) is 0. The van der Waals surface area contributed by atoms with Crippen molar-refractivity contribution in [2.24, 2.45) is 5.41 Å². The second-order valence-electron chi connectivity index (χ2n) is 8.03. The maximum absolute atomic E-state index is 10.7. The van der Waals surface area contributed by atoms with Crippen LogP contribution in [0, 0.1) is 5.41 Å². The number of carboxylic acids is 1. The van der Waals surface area contributed by atoms with Crippen LogP contribution in [0.1, 0.15) is 47.0 Å². The summed E-state index contributed by atoms with van der Waals surface area (Å²) in [6.45, 7) is 12.1. The van der Waals surface area contributed by atoms with Crippen molar-refractivity contribution in [1.82, 2.24) is 4.90 Å². The molecule has 0 radical (unpaired) electrons. The summed E-state index contributed by atoms with van der Waals surface area (Å²) in [6.07, 6.45) is 15.0. The standard InChI is InChI=1S/C23H33NO3/c1-18(7-5-8-19(2)17-22(25)26)10-11-20-21(9-6-12-23(20,3)4)24-13-15-27-16-14-24/h5,7-8,10-11,17H,6,9,12-16H2,1-4H3,(H,25,26)/b8-5+,11-10+,18-7+,19-17+. The molecule has 0 aromatic rings. The van der Waals surface area contributed by atoms with Crippen molar-refractivity contribution in [2.45, 2.75) is 47.0 Å². The third kappa shape index (κ3) is 6.55. The largest absolute Gasteiger partial charge is 0.478 e. The van der Waals surface area contributed by atoms with Crippen molar-refractivity contribution >= 4 is 5.97 Å². The summed E-state index contributed by atoms with van der Waals surface area (Å²) >= 11 is 0. The summed E-state index contributed by atoms with van der Waals surface area (Å²) in [5, 5.41) is 8.75. The second-order valence-corrected chi connectivity index (χ2v) is 8.03. The van der Waals surface area contributed by atoms with Crippen LogP contribution in [0.25, 0.3) is 0 Å². The minimum Gasteiger partial charge on any atom is -0.478 e. The molecule has 1 aliphatic carbocycles. The first-order chi connectivity index (χ1) is 12.8. The van der Waals surface area contributed by atoms with E-state index in [0.717, 1.165) is 43.9 Å². The van der Waals surface area contributed by atoms with E-state index < -0.39 is 5.97 Å². The lowest BCUT2D eigenvalue weighted by Crippen LogP contribution is -2.38. The molecule has 0 aromatic carbocycles. The monoisotopic (exact) mass is 371 g/mol. The molecule has 0 saturated carbocycles. The smallest absolute Gasteiger partial charge is 0.328 e. The Balaban J connectivity index is 2.18. The number of rotatable bonds is 6. The third-order valence-electron chi connectivity index (χ3n) is 5.23. The van der Waals surface area contributed by atoms with E-state index in [0.29, 0.717) is 0 Å². The zero-order chi connectivity index (χ0) is 19.9. The van der Waals surface area contributed by atoms with Crippen molar-refractivity contribution < 1.29 is 14.6 Å². The summed E-state index contributed by atoms with van der Waals surface area (Å²) in [4.78, 5) is 13.2. The number of ether oxygens (including phenoxy) is 1. The van der Waals surface area contributed by atoms with Gasteiger partial charge in [-0.05, 0) is 49.7 Å². The first kappa shape index (κ1) is 21.2. The SMILES string of the molecule is CC(/C=C/C1=C(N2CCOCC2)CCCC1(C)C)=C\C=C\C(C)=C\C(=O)O. The van der Waals surface area contributed by atoms with E-state index in [1.165, 1.54) is 30.2 Å². The summed E-state index contributed by atoms with van der Waals surface area (Å²) < 4.78 is 5.52. The van der Waals surface area contributed by atoms with Crippen LogP contribution in [-0.2, 0) is 9.53 Å². The summed E-state index contributed by atoms with van der Waals surface area (Å²) in [5.74, 6) is -0.917. The third-order valence-corrected chi connectivity index (χ3v) is 5.23. The molecule has 0 spiro atoms. The van der Waals surface area contributed by atoms with E-state index in [4.69, 9.17) is 9.84 Å². The van der Waals surface area contributed by atoms with Crippen molar-refractivity contribution in [2.75, 3.05) is 26.3 Å². The number of carbonyl (C=O) groups is 1. The molecule has 1 aliphatic heterocycles. The molecule has 148 valence electrons. The highest BCUT2D eigenvalue weighted by molar-refractivity contribution is 5.81. The van der Waals surface area contributed by atoms with Crippen molar-refractivity contribution in [3.05, 3.63) is 58.9 Å². The predicted molar refractivity (Wildman–Crippen MR) is 110 cm³/mol. The molecule has 4 heteroatoms. The van der Waals surface area contributed by atoms with Crippen molar-refractivity contribution in [3.8, 4) is 0 Å². The Hall–Kier alpha value is -2.07. The Bertz CT molecular complexity index is 686. The Morgan fingerprint density at radius 2 is 1.85 bits per heavy atom. The molecule has 1 fully saturated rings. The molecule has 4 nitrogen and oxygen atoms in total. The van der Waals surface area contributed by atoms with E-state index >= 15 is 0 Å². The summed E-state index contributed by atoms with van der Waals surface area (Å²) in [7, 11) is 0. The van der Waals surface area contributed by atoms with Crippen LogP contribution in [0.5, 0.6) is 0 Å². The zero-order valence-electron chi connectivity index (χ0n) is 17.1. The number of allylic oxidation sites excluding steroid dienone is 9. The van der Waals surface area contributed by atoms with Gasteiger partial charge in [0.15, 0.2) is 0 Å². The van der Waals surface area contributed by atoms with E-state index in [9.17, 15) is 4.79 Å². The highest BCUT2D eigenvalue weighted by atomic mass is 16.5. The molecule has 0 amide bonds. The predicted octanol–water partition coefficient (Wildman–Crippen LogP) is 4.87. The van der Waals surface area contributed by atoms with E-state index in [2.05, 4.69) is 37.8 Å². The minimum atomic E-state index is -0.917. The zero-order valence-corrected chi connectivity index (χ0v) is 17.1. The lowest BCUT2D eigenvalue weighted by molar-refractivity contribution is -0.131. The number of carboxylic acid groups (broad SMARTS) is 1. The number of hydrogen-bond donors (Lipinski definition) is 1. The fraction of sp³-hybridized carbons (Fsp3) is 0.522. The van der Waals surface area contributed by atoms with Gasteiger partial charge in [0.25, 0.3) is 0 Å². The molecule has 2 rings (SSSR count). The molecule has 0 bridgehead atoms. The molecule has 0 unspecified atom stereocenters. The van der Waals surface area contributed by atoms with Crippen LogP contribution in [0.15, 0.2) is 58.9 Å². The molecule has 1 saturated heterocycles. The van der Waals surface area contributed by atoms with E-state index in [1.54, 1.807) is 6.92 Å². The topological polar surface area (TPSA) is 49.8 Å². The Labute approximate surface area is 163 Å². The lowest BCUT2D eigenvalue weighted by atomic mass is 9.73. The quantitative estimate of drug-likeness (QED) is 0.534. The number of nitrogens with zero attached hydrogens (tertiary/aromatic N) is 1. The fourth-order valence-electron chi connectivity index (χ4n) is 3.71. The number of aliphatic carboxylic acids is 1. The van der Waals surface area contributed by atoms with Gasteiger partial charge in [0.2, 0.25) is 0 Å². The van der Waals surface area contributed by atoms with Gasteiger partial charge in [-0.3, -0.25) is 0 Å². The fourth-order valence-corrected chi connectivity index (χ4v) is 3.71. The van der Waals surface area contributed by atoms with Gasteiger partial charge in [-0.15, -0.1) is 0 Å². The van der Waals surface area contributed by atoms with Gasteiger partial charge in [-0.1, -0.05) is 49.8 Å². The van der Waals surface area contributed by atoms with Gasteiger partial charge in [0.05, 0.1) is 13.2 Å². The normalized spacial score (nSPS) is 22.1. The molecule has 1 heterocycles. The van der Waals surface area contributed by atoms with Crippen LogP contribution in [0.4, 0.5) is 0 Å². The lowest BCUT2D eigenvalue weighted by Gasteiger charge is -2.40. The molecular formula is C23H33NO3. The van der Waals surface area contributed by atoms with Gasteiger partial charge in [-0.2, -0.15) is 0 Å². The highest BCUT2D eigenvalue weighted by Crippen LogP contribution is 2.42. The molecular weight excluding hydrogens is 338 g/mol. The van der Waals surface area contributed by atoms with E-state index in [-0.39, 0.29) is 5.41 Å². The average molecular weight is 372 g/mol. The van der Waals surface area contributed by atoms with Crippen LogP contribution in [0.3, 0.4) is 0 Å². The molecule has 27 heavy (non-hydrogen) atoms. The van der Waals surface area contributed by atoms with Gasteiger partial charge in [-0.25, -0.2) is 4.79 Å². The van der Waals surface area contributed by atoms with Crippen LogP contribution in [-0.4, -0.2) is 42.3 Å². The number of morpholine rings is 1. The Kier molecular flexibility index (Phi) is 7.66. The average Bonchev–Trinajstić information content (AvgIpc) is 2.60. The van der Waals surface area contributed by atoms with Crippen LogP contribution >= 0.6 is 0 Å². The molecule has 0 aromatic heterocycles. The second kappa shape index (κ2) is 9.75. The summed E-state index contributed by atoms with van der Waals surface area (Å²) in [5.41, 5.74) is 4.97. The van der Waals surface area contributed by atoms with E-state index in [1.807, 2.05) is 18.2 Å². The maximum Gasteiger partial charge on any atom is 0.328 e. The Morgan fingerprint density at radius 1 is 1.15 bits per heavy atom. The molecule has 0 atom stereocenters. The minimum absolute atomic E-state index is 0.180. The van der Waals surface area contributed by atoms with Crippen molar-refractivity contribution in [1.29, 1.82) is 0 Å². The van der Waals surface area contributed by atoms with Gasteiger partial charge in [0, 0.05) is 24.9 Å². The molecule has 2 aliphatic rings. The maximum atomic E-state index is 10.7. The first-order valence-electron chi connectivity index (χ1n) is 9.80. The van der Waals surface area contributed by atoms with Crippen LogP contribution in [0.2, 0.25) is 0 Å². The Morgan fingerprint density at radius 3 is 2.52 bits per heavy atom. The highest BCUT2D eigenvalue weighted by Gasteiger charge is 2.31. The van der Waals surface area contributed by atoms with Gasteiger partial charge >= 0.3 is 5.97 Å². The molecule has 1 N–H and O–H groups in total.